The van der Waals surface area contributed by atoms with E-state index in [0.29, 0.717) is 6.04 Å². The minimum absolute atomic E-state index is 0.363. The molecule has 1 heterocycles. The lowest BCUT2D eigenvalue weighted by Gasteiger charge is -2.07. The number of benzene rings is 1. The molecule has 1 N–H and O–H groups in total. The number of hydrogen-bond acceptors (Lipinski definition) is 3. The van der Waals surface area contributed by atoms with Gasteiger partial charge in [0.25, 0.3) is 0 Å². The van der Waals surface area contributed by atoms with Crippen molar-refractivity contribution in [2.24, 2.45) is 0 Å². The first-order valence-corrected chi connectivity index (χ1v) is 7.06. The monoisotopic (exact) mass is 260 g/mol. The lowest BCUT2D eigenvalue weighted by molar-refractivity contribution is 0.658. The molecule has 96 valence electrons. The van der Waals surface area contributed by atoms with Crippen LogP contribution in [0.4, 0.5) is 0 Å². The summed E-state index contributed by atoms with van der Waals surface area (Å²) in [5.74, 6) is 0. The van der Waals surface area contributed by atoms with E-state index in [1.165, 1.54) is 21.6 Å². The van der Waals surface area contributed by atoms with Crippen molar-refractivity contribution in [1.29, 1.82) is 0 Å². The first kappa shape index (κ1) is 13.2. The van der Waals surface area contributed by atoms with Gasteiger partial charge in [-0.3, -0.25) is 0 Å². The summed E-state index contributed by atoms with van der Waals surface area (Å²) in [6.45, 7) is 8.54. The number of nitrogens with zero attached hydrogens (tertiary/aromatic N) is 1. The van der Waals surface area contributed by atoms with E-state index in [1.807, 2.05) is 7.05 Å². The second-order valence-corrected chi connectivity index (χ2v) is 5.83. The Morgan fingerprint density at radius 2 is 1.94 bits per heavy atom. The summed E-state index contributed by atoms with van der Waals surface area (Å²) >= 11 is 1.79. The zero-order valence-electron chi connectivity index (χ0n) is 11.7. The smallest absolute Gasteiger partial charge is 0.124 e. The minimum atomic E-state index is 0.363. The number of nitrogens with one attached hydrogen (secondary N) is 1. The highest BCUT2D eigenvalue weighted by Crippen LogP contribution is 2.33. The van der Waals surface area contributed by atoms with Crippen molar-refractivity contribution in [3.05, 3.63) is 39.9 Å². The third kappa shape index (κ3) is 2.47. The van der Waals surface area contributed by atoms with E-state index >= 15 is 0 Å². The predicted octanol–water partition coefficient (Wildman–Crippen LogP) is 4.02. The SMILES string of the molecule is CNC(C)c1sc(-c2ccc(C)cc2C)nc1C. The topological polar surface area (TPSA) is 24.9 Å². The van der Waals surface area contributed by atoms with Crippen LogP contribution in [-0.4, -0.2) is 12.0 Å². The van der Waals surface area contributed by atoms with Gasteiger partial charge < -0.3 is 5.32 Å². The highest BCUT2D eigenvalue weighted by Gasteiger charge is 2.14. The second kappa shape index (κ2) is 5.21. The molecule has 1 aromatic carbocycles. The maximum Gasteiger partial charge on any atom is 0.124 e. The van der Waals surface area contributed by atoms with E-state index < -0.39 is 0 Å². The molecule has 1 atom stereocenters. The van der Waals surface area contributed by atoms with Gasteiger partial charge in [-0.05, 0) is 40.3 Å². The molecule has 1 unspecified atom stereocenters. The highest BCUT2D eigenvalue weighted by atomic mass is 32.1. The van der Waals surface area contributed by atoms with Crippen LogP contribution in [-0.2, 0) is 0 Å². The number of hydrogen-bond donors (Lipinski definition) is 1. The molecule has 0 bridgehead atoms. The Bertz CT molecular complexity index is 558. The van der Waals surface area contributed by atoms with Crippen LogP contribution in [0.15, 0.2) is 18.2 Å². The van der Waals surface area contributed by atoms with Gasteiger partial charge in [0.15, 0.2) is 0 Å². The summed E-state index contributed by atoms with van der Waals surface area (Å²) in [7, 11) is 1.99. The van der Waals surface area contributed by atoms with Gasteiger partial charge in [-0.1, -0.05) is 23.8 Å². The number of thiazole rings is 1. The molecule has 0 saturated carbocycles. The standard InChI is InChI=1S/C15H20N2S/c1-9-6-7-13(10(2)8-9)15-17-12(4)14(18-15)11(3)16-5/h6-8,11,16H,1-5H3. The van der Waals surface area contributed by atoms with Crippen molar-refractivity contribution in [1.82, 2.24) is 10.3 Å². The zero-order valence-corrected chi connectivity index (χ0v) is 12.5. The van der Waals surface area contributed by atoms with Crippen molar-refractivity contribution in [3.8, 4) is 10.6 Å². The molecule has 2 nitrogen and oxygen atoms in total. The molecule has 0 spiro atoms. The molecule has 0 aliphatic carbocycles. The predicted molar refractivity (Wildman–Crippen MR) is 79.2 cm³/mol. The van der Waals surface area contributed by atoms with Gasteiger partial charge in [0.05, 0.1) is 5.69 Å². The summed E-state index contributed by atoms with van der Waals surface area (Å²) in [6.07, 6.45) is 0. The highest BCUT2D eigenvalue weighted by molar-refractivity contribution is 7.15. The average Bonchev–Trinajstić information content (AvgIpc) is 2.70. The van der Waals surface area contributed by atoms with Crippen LogP contribution in [0.2, 0.25) is 0 Å². The van der Waals surface area contributed by atoms with Gasteiger partial charge in [-0.15, -0.1) is 11.3 Å². The molecular weight excluding hydrogens is 240 g/mol. The van der Waals surface area contributed by atoms with Gasteiger partial charge in [0.2, 0.25) is 0 Å². The normalized spacial score (nSPS) is 12.7. The van der Waals surface area contributed by atoms with E-state index in [2.05, 4.69) is 51.2 Å². The van der Waals surface area contributed by atoms with Crippen LogP contribution in [0, 0.1) is 20.8 Å². The fourth-order valence-corrected chi connectivity index (χ4v) is 3.33. The van der Waals surface area contributed by atoms with E-state index in [1.54, 1.807) is 11.3 Å². The summed E-state index contributed by atoms with van der Waals surface area (Å²) < 4.78 is 0. The van der Waals surface area contributed by atoms with Crippen LogP contribution in [0.3, 0.4) is 0 Å². The molecule has 0 radical (unpaired) electrons. The summed E-state index contributed by atoms with van der Waals surface area (Å²) in [6, 6.07) is 6.91. The van der Waals surface area contributed by atoms with Gasteiger partial charge in [0.1, 0.15) is 5.01 Å². The molecule has 2 aromatic rings. The quantitative estimate of drug-likeness (QED) is 0.901. The molecular formula is C15H20N2S. The van der Waals surface area contributed by atoms with Crippen molar-refractivity contribution in [2.75, 3.05) is 7.05 Å². The van der Waals surface area contributed by atoms with Crippen LogP contribution >= 0.6 is 11.3 Å². The molecule has 3 heteroatoms. The molecule has 0 amide bonds. The van der Waals surface area contributed by atoms with Gasteiger partial charge in [0, 0.05) is 16.5 Å². The Labute approximate surface area is 113 Å². The fourth-order valence-electron chi connectivity index (χ4n) is 2.11. The molecule has 0 saturated heterocycles. The molecule has 2 rings (SSSR count). The first-order valence-electron chi connectivity index (χ1n) is 6.25. The van der Waals surface area contributed by atoms with E-state index in [0.717, 1.165) is 10.7 Å². The fraction of sp³-hybridized carbons (Fsp3) is 0.400. The minimum Gasteiger partial charge on any atom is -0.312 e. The number of rotatable bonds is 3. The van der Waals surface area contributed by atoms with Crippen molar-refractivity contribution in [3.63, 3.8) is 0 Å². The van der Waals surface area contributed by atoms with Gasteiger partial charge in [-0.2, -0.15) is 0 Å². The molecule has 0 aliphatic heterocycles. The van der Waals surface area contributed by atoms with Crippen molar-refractivity contribution < 1.29 is 0 Å². The Hall–Kier alpha value is -1.19. The average molecular weight is 260 g/mol. The largest absolute Gasteiger partial charge is 0.312 e. The maximum atomic E-state index is 4.72. The Morgan fingerprint density at radius 3 is 2.56 bits per heavy atom. The first-order chi connectivity index (χ1) is 8.52. The lowest BCUT2D eigenvalue weighted by Crippen LogP contribution is -2.11. The Kier molecular flexibility index (Phi) is 3.83. The number of aromatic nitrogens is 1. The van der Waals surface area contributed by atoms with Crippen LogP contribution in [0.25, 0.3) is 10.6 Å². The lowest BCUT2D eigenvalue weighted by atomic mass is 10.1. The molecule has 1 aromatic heterocycles. The summed E-state index contributed by atoms with van der Waals surface area (Å²) in [5, 5.41) is 4.41. The van der Waals surface area contributed by atoms with Gasteiger partial charge in [-0.25, -0.2) is 4.98 Å². The Morgan fingerprint density at radius 1 is 1.22 bits per heavy atom. The molecule has 18 heavy (non-hydrogen) atoms. The third-order valence-electron chi connectivity index (χ3n) is 3.27. The van der Waals surface area contributed by atoms with Crippen LogP contribution in [0.5, 0.6) is 0 Å². The summed E-state index contributed by atoms with van der Waals surface area (Å²) in [4.78, 5) is 6.05. The van der Waals surface area contributed by atoms with Crippen molar-refractivity contribution in [2.45, 2.75) is 33.7 Å². The van der Waals surface area contributed by atoms with Crippen molar-refractivity contribution >= 4 is 11.3 Å². The summed E-state index contributed by atoms with van der Waals surface area (Å²) in [5.41, 5.74) is 4.99. The maximum absolute atomic E-state index is 4.72. The second-order valence-electron chi connectivity index (χ2n) is 4.80. The van der Waals surface area contributed by atoms with Gasteiger partial charge >= 0.3 is 0 Å². The van der Waals surface area contributed by atoms with Crippen LogP contribution in [0.1, 0.15) is 34.7 Å². The zero-order chi connectivity index (χ0) is 13.3. The number of aryl methyl sites for hydroxylation is 3. The van der Waals surface area contributed by atoms with Crippen LogP contribution < -0.4 is 5.32 Å². The molecule has 0 fully saturated rings. The van der Waals surface area contributed by atoms with E-state index in [4.69, 9.17) is 4.98 Å². The molecule has 0 aliphatic rings. The van der Waals surface area contributed by atoms with E-state index in [-0.39, 0.29) is 0 Å². The Balaban J connectivity index is 2.45. The van der Waals surface area contributed by atoms with E-state index in [9.17, 15) is 0 Å². The third-order valence-corrected chi connectivity index (χ3v) is 4.64.